The highest BCUT2D eigenvalue weighted by Gasteiger charge is 2.28. The zero-order valence-electron chi connectivity index (χ0n) is 9.54. The van der Waals surface area contributed by atoms with Gasteiger partial charge in [0.15, 0.2) is 0 Å². The molecule has 1 N–H and O–H groups in total. The molecule has 1 aromatic heterocycles. The van der Waals surface area contributed by atoms with Gasteiger partial charge in [-0.1, -0.05) is 12.1 Å². The summed E-state index contributed by atoms with van der Waals surface area (Å²) in [5, 5.41) is 7.36. The van der Waals surface area contributed by atoms with Crippen LogP contribution in [-0.4, -0.2) is 17.8 Å². The smallest absolute Gasteiger partial charge is 0.145 e. The van der Waals surface area contributed by atoms with Crippen molar-refractivity contribution < 1.29 is 9.26 Å². The molecular formula is C11H18N2O2. The molecule has 4 nitrogen and oxygen atoms in total. The maximum atomic E-state index is 5.76. The molecule has 0 saturated heterocycles. The Morgan fingerprint density at radius 2 is 2.27 bits per heavy atom. The highest BCUT2D eigenvalue weighted by Crippen LogP contribution is 2.32. The van der Waals surface area contributed by atoms with E-state index in [1.54, 1.807) is 0 Å². The quantitative estimate of drug-likeness (QED) is 0.826. The van der Waals surface area contributed by atoms with Crippen molar-refractivity contribution in [2.24, 2.45) is 0 Å². The highest BCUT2D eigenvalue weighted by atomic mass is 16.5. The summed E-state index contributed by atoms with van der Waals surface area (Å²) >= 11 is 0. The van der Waals surface area contributed by atoms with Gasteiger partial charge in [0.25, 0.3) is 0 Å². The summed E-state index contributed by atoms with van der Waals surface area (Å²) in [5.74, 6) is 0.995. The molecule has 2 unspecified atom stereocenters. The molecule has 2 heterocycles. The monoisotopic (exact) mass is 210 g/mol. The standard InChI is InChI=1S/C11H18N2O2/c1-4-12-6-9-11-8(3)14-7(2)5-10(11)15-13-9/h7-8,12H,4-6H2,1-3H3. The molecule has 84 valence electrons. The van der Waals surface area contributed by atoms with E-state index in [2.05, 4.69) is 31.2 Å². The number of rotatable bonds is 3. The predicted octanol–water partition coefficient (Wildman–Crippen LogP) is 1.81. The fourth-order valence-corrected chi connectivity index (χ4v) is 2.07. The second-order valence-electron chi connectivity index (χ2n) is 4.04. The molecule has 0 fully saturated rings. The number of aromatic nitrogens is 1. The molecule has 1 aliphatic rings. The first-order valence-corrected chi connectivity index (χ1v) is 5.55. The van der Waals surface area contributed by atoms with Gasteiger partial charge in [0.2, 0.25) is 0 Å². The fourth-order valence-electron chi connectivity index (χ4n) is 2.07. The molecule has 0 radical (unpaired) electrons. The van der Waals surface area contributed by atoms with Crippen LogP contribution in [0.2, 0.25) is 0 Å². The van der Waals surface area contributed by atoms with Crippen LogP contribution in [0.15, 0.2) is 4.52 Å². The maximum absolute atomic E-state index is 5.76. The summed E-state index contributed by atoms with van der Waals surface area (Å²) < 4.78 is 11.1. The van der Waals surface area contributed by atoms with E-state index >= 15 is 0 Å². The Balaban J connectivity index is 2.21. The zero-order chi connectivity index (χ0) is 10.8. The first-order chi connectivity index (χ1) is 7.22. The lowest BCUT2D eigenvalue weighted by Gasteiger charge is -2.24. The van der Waals surface area contributed by atoms with Gasteiger partial charge in [-0.3, -0.25) is 0 Å². The van der Waals surface area contributed by atoms with Crippen LogP contribution in [0, 0.1) is 0 Å². The third-order valence-corrected chi connectivity index (χ3v) is 2.74. The predicted molar refractivity (Wildman–Crippen MR) is 56.5 cm³/mol. The summed E-state index contributed by atoms with van der Waals surface area (Å²) in [7, 11) is 0. The van der Waals surface area contributed by atoms with Crippen LogP contribution in [0.3, 0.4) is 0 Å². The van der Waals surface area contributed by atoms with Crippen molar-refractivity contribution in [1.29, 1.82) is 0 Å². The van der Waals surface area contributed by atoms with Gasteiger partial charge in [-0.25, -0.2) is 0 Å². The van der Waals surface area contributed by atoms with Crippen molar-refractivity contribution in [2.45, 2.75) is 45.9 Å². The SMILES string of the molecule is CCNCc1noc2c1C(C)OC(C)C2. The minimum Gasteiger partial charge on any atom is -0.370 e. The van der Waals surface area contributed by atoms with Gasteiger partial charge in [-0.2, -0.15) is 0 Å². The Morgan fingerprint density at radius 1 is 1.47 bits per heavy atom. The number of hydrogen-bond acceptors (Lipinski definition) is 4. The van der Waals surface area contributed by atoms with Gasteiger partial charge in [0.05, 0.1) is 12.2 Å². The van der Waals surface area contributed by atoms with E-state index < -0.39 is 0 Å². The Labute approximate surface area is 90.0 Å². The number of ether oxygens (including phenoxy) is 1. The van der Waals surface area contributed by atoms with Gasteiger partial charge >= 0.3 is 0 Å². The number of hydrogen-bond donors (Lipinski definition) is 1. The third kappa shape index (κ3) is 2.06. The molecule has 4 heteroatoms. The lowest BCUT2D eigenvalue weighted by Crippen LogP contribution is -2.23. The van der Waals surface area contributed by atoms with Crippen LogP contribution in [0.4, 0.5) is 0 Å². The Hall–Kier alpha value is -0.870. The van der Waals surface area contributed by atoms with Gasteiger partial charge in [-0.05, 0) is 20.4 Å². The van der Waals surface area contributed by atoms with Crippen LogP contribution < -0.4 is 5.32 Å². The molecule has 0 saturated carbocycles. The summed E-state index contributed by atoms with van der Waals surface area (Å²) in [4.78, 5) is 0. The fraction of sp³-hybridized carbons (Fsp3) is 0.727. The molecule has 0 bridgehead atoms. The van der Waals surface area contributed by atoms with Gasteiger partial charge in [-0.15, -0.1) is 0 Å². The van der Waals surface area contributed by atoms with Gasteiger partial charge in [0, 0.05) is 18.5 Å². The Bertz CT molecular complexity index is 335. The average molecular weight is 210 g/mol. The average Bonchev–Trinajstić information content (AvgIpc) is 2.58. The normalized spacial score (nSPS) is 25.3. The van der Waals surface area contributed by atoms with Crippen molar-refractivity contribution >= 4 is 0 Å². The van der Waals surface area contributed by atoms with Crippen molar-refractivity contribution in [2.75, 3.05) is 6.54 Å². The summed E-state index contributed by atoms with van der Waals surface area (Å²) in [6.07, 6.45) is 1.16. The zero-order valence-corrected chi connectivity index (χ0v) is 9.54. The van der Waals surface area contributed by atoms with Crippen LogP contribution in [0.5, 0.6) is 0 Å². The van der Waals surface area contributed by atoms with Gasteiger partial charge in [0.1, 0.15) is 11.5 Å². The number of nitrogens with zero attached hydrogens (tertiary/aromatic N) is 1. The molecule has 0 aliphatic carbocycles. The molecule has 0 amide bonds. The van der Waals surface area contributed by atoms with Crippen molar-refractivity contribution in [3.8, 4) is 0 Å². The molecule has 15 heavy (non-hydrogen) atoms. The Kier molecular flexibility index (Phi) is 3.07. The second kappa shape index (κ2) is 4.33. The molecule has 2 atom stereocenters. The summed E-state index contributed by atoms with van der Waals surface area (Å²) in [5.41, 5.74) is 2.14. The van der Waals surface area contributed by atoms with Crippen molar-refractivity contribution in [1.82, 2.24) is 10.5 Å². The van der Waals surface area contributed by atoms with Crippen LogP contribution in [0.1, 0.15) is 43.9 Å². The van der Waals surface area contributed by atoms with Crippen molar-refractivity contribution in [3.63, 3.8) is 0 Å². The number of fused-ring (bicyclic) bond motifs is 1. The second-order valence-corrected chi connectivity index (χ2v) is 4.04. The van der Waals surface area contributed by atoms with E-state index in [9.17, 15) is 0 Å². The molecule has 2 rings (SSSR count). The Morgan fingerprint density at radius 3 is 3.00 bits per heavy atom. The van der Waals surface area contributed by atoms with E-state index in [-0.39, 0.29) is 12.2 Å². The minimum absolute atomic E-state index is 0.101. The minimum atomic E-state index is 0.101. The highest BCUT2D eigenvalue weighted by molar-refractivity contribution is 5.27. The van der Waals surface area contributed by atoms with E-state index in [1.165, 1.54) is 0 Å². The van der Waals surface area contributed by atoms with Crippen molar-refractivity contribution in [3.05, 3.63) is 17.0 Å². The topological polar surface area (TPSA) is 47.3 Å². The summed E-state index contributed by atoms with van der Waals surface area (Å²) in [6.45, 7) is 7.90. The molecule has 1 aromatic rings. The molecule has 1 aliphatic heterocycles. The first kappa shape index (κ1) is 10.6. The van der Waals surface area contributed by atoms with Gasteiger partial charge < -0.3 is 14.6 Å². The van der Waals surface area contributed by atoms with Crippen LogP contribution in [-0.2, 0) is 17.7 Å². The summed E-state index contributed by atoms with van der Waals surface area (Å²) in [6, 6.07) is 0. The lowest BCUT2D eigenvalue weighted by molar-refractivity contribution is -0.0102. The lowest BCUT2D eigenvalue weighted by atomic mass is 10.0. The molecule has 0 aromatic carbocycles. The van der Waals surface area contributed by atoms with E-state index in [0.29, 0.717) is 0 Å². The van der Waals surface area contributed by atoms with E-state index in [1.807, 2.05) is 0 Å². The largest absolute Gasteiger partial charge is 0.370 e. The maximum Gasteiger partial charge on any atom is 0.145 e. The van der Waals surface area contributed by atoms with Crippen LogP contribution >= 0.6 is 0 Å². The van der Waals surface area contributed by atoms with E-state index in [4.69, 9.17) is 9.26 Å². The van der Waals surface area contributed by atoms with Crippen LogP contribution in [0.25, 0.3) is 0 Å². The molecule has 0 spiro atoms. The first-order valence-electron chi connectivity index (χ1n) is 5.55. The van der Waals surface area contributed by atoms with E-state index in [0.717, 1.165) is 36.5 Å². The third-order valence-electron chi connectivity index (χ3n) is 2.74. The number of nitrogens with one attached hydrogen (secondary N) is 1. The molecular weight excluding hydrogens is 192 g/mol.